The predicted octanol–water partition coefficient (Wildman–Crippen LogP) is 2.69. The Bertz CT molecular complexity index is 684. The molecule has 9 nitrogen and oxygen atoms in total. The predicted molar refractivity (Wildman–Crippen MR) is 127 cm³/mol. The lowest BCUT2D eigenvalue weighted by Crippen LogP contribution is -2.40. The summed E-state index contributed by atoms with van der Waals surface area (Å²) in [4.78, 5) is 28.9. The summed E-state index contributed by atoms with van der Waals surface area (Å²) in [6, 6.07) is 6.38. The lowest BCUT2D eigenvalue weighted by Gasteiger charge is -2.21. The number of nitrogens with one attached hydrogen (secondary N) is 2. The minimum atomic E-state index is -0.415. The number of methoxy groups -OCH3 is 1. The van der Waals surface area contributed by atoms with Gasteiger partial charge >= 0.3 is 0 Å². The van der Waals surface area contributed by atoms with Crippen LogP contribution in [0.5, 0.6) is 0 Å². The number of rotatable bonds is 10. The molecule has 0 aromatic heterocycles. The Hall–Kier alpha value is -1.95. The molecule has 1 heterocycles. The molecule has 1 aromatic carbocycles. The van der Waals surface area contributed by atoms with Gasteiger partial charge in [-0.3, -0.25) is 14.9 Å². The molecule has 0 aliphatic carbocycles. The normalized spacial score (nSPS) is 14.6. The average molecular weight is 533 g/mol. The summed E-state index contributed by atoms with van der Waals surface area (Å²) in [6.45, 7) is 3.88. The van der Waals surface area contributed by atoms with Gasteiger partial charge in [0.15, 0.2) is 5.96 Å². The number of amides is 1. The molecule has 1 aromatic rings. The average Bonchev–Trinajstić information content (AvgIpc) is 2.93. The minimum Gasteiger partial charge on any atom is -0.383 e. The Morgan fingerprint density at radius 3 is 2.63 bits per heavy atom. The SMILES string of the molecule is COCCNC(=NCc1ccc([N+](=O)[O-])cc1)NCCCN1CCCCCC1=O.I. The Morgan fingerprint density at radius 1 is 1.20 bits per heavy atom. The Labute approximate surface area is 194 Å². The van der Waals surface area contributed by atoms with Crippen LogP contribution >= 0.6 is 24.0 Å². The van der Waals surface area contributed by atoms with E-state index >= 15 is 0 Å². The number of carbonyl (C=O) groups is 1. The van der Waals surface area contributed by atoms with Crippen molar-refractivity contribution < 1.29 is 14.5 Å². The van der Waals surface area contributed by atoms with Crippen molar-refractivity contribution in [3.8, 4) is 0 Å². The van der Waals surface area contributed by atoms with Gasteiger partial charge in [0.1, 0.15) is 0 Å². The zero-order valence-corrected chi connectivity index (χ0v) is 19.8. The maximum absolute atomic E-state index is 12.1. The zero-order valence-electron chi connectivity index (χ0n) is 17.5. The van der Waals surface area contributed by atoms with Crippen LogP contribution in [0, 0.1) is 10.1 Å². The number of ether oxygens (including phenoxy) is 1. The molecule has 0 spiro atoms. The van der Waals surface area contributed by atoms with E-state index in [0.29, 0.717) is 38.6 Å². The number of likely N-dealkylation sites (tertiary alicyclic amines) is 1. The van der Waals surface area contributed by atoms with Crippen molar-refractivity contribution in [1.82, 2.24) is 15.5 Å². The number of guanidine groups is 1. The summed E-state index contributed by atoms with van der Waals surface area (Å²) in [5, 5.41) is 17.2. The van der Waals surface area contributed by atoms with Gasteiger partial charge in [-0.05, 0) is 24.8 Å². The number of carbonyl (C=O) groups excluding carboxylic acids is 1. The van der Waals surface area contributed by atoms with Crippen LogP contribution in [0.1, 0.15) is 37.7 Å². The number of hydrogen-bond donors (Lipinski definition) is 2. The molecule has 0 unspecified atom stereocenters. The van der Waals surface area contributed by atoms with E-state index in [1.54, 1.807) is 19.2 Å². The van der Waals surface area contributed by atoms with Crippen molar-refractivity contribution >= 4 is 41.5 Å². The molecule has 1 fully saturated rings. The second kappa shape index (κ2) is 14.9. The van der Waals surface area contributed by atoms with E-state index in [1.807, 2.05) is 4.90 Å². The van der Waals surface area contributed by atoms with Crippen molar-refractivity contribution in [2.75, 3.05) is 39.9 Å². The fourth-order valence-electron chi connectivity index (χ4n) is 3.09. The number of non-ortho nitro benzene ring substituents is 1. The molecule has 10 heteroatoms. The third-order valence-corrected chi connectivity index (χ3v) is 4.73. The topological polar surface area (TPSA) is 109 Å². The van der Waals surface area contributed by atoms with Gasteiger partial charge in [-0.2, -0.15) is 0 Å². The molecule has 1 aliphatic heterocycles. The van der Waals surface area contributed by atoms with Gasteiger partial charge in [0, 0.05) is 51.8 Å². The number of benzene rings is 1. The molecular weight excluding hydrogens is 501 g/mol. The molecule has 1 amide bonds. The van der Waals surface area contributed by atoms with E-state index in [9.17, 15) is 14.9 Å². The van der Waals surface area contributed by atoms with Crippen LogP contribution in [-0.2, 0) is 16.1 Å². The molecule has 0 radical (unpaired) electrons. The zero-order chi connectivity index (χ0) is 20.9. The summed E-state index contributed by atoms with van der Waals surface area (Å²) in [5.74, 6) is 0.912. The summed E-state index contributed by atoms with van der Waals surface area (Å²) in [7, 11) is 1.64. The molecular formula is C20H32IN5O4. The van der Waals surface area contributed by atoms with Crippen LogP contribution in [-0.4, -0.2) is 61.6 Å². The third kappa shape index (κ3) is 9.70. The first-order chi connectivity index (χ1) is 14.1. The van der Waals surface area contributed by atoms with E-state index in [0.717, 1.165) is 44.3 Å². The molecule has 0 bridgehead atoms. The fraction of sp³-hybridized carbons (Fsp3) is 0.600. The Balaban J connectivity index is 0.00000450. The van der Waals surface area contributed by atoms with Crippen LogP contribution in [0.15, 0.2) is 29.3 Å². The van der Waals surface area contributed by atoms with E-state index in [2.05, 4.69) is 15.6 Å². The summed E-state index contributed by atoms with van der Waals surface area (Å²) in [5.41, 5.74) is 0.955. The summed E-state index contributed by atoms with van der Waals surface area (Å²) < 4.78 is 5.07. The van der Waals surface area contributed by atoms with Gasteiger partial charge in [-0.25, -0.2) is 4.99 Å². The lowest BCUT2D eigenvalue weighted by molar-refractivity contribution is -0.384. The first-order valence-corrected chi connectivity index (χ1v) is 10.1. The van der Waals surface area contributed by atoms with Crippen molar-refractivity contribution in [3.63, 3.8) is 0 Å². The Kier molecular flexibility index (Phi) is 13.0. The second-order valence-corrected chi connectivity index (χ2v) is 6.98. The van der Waals surface area contributed by atoms with Crippen molar-refractivity contribution in [3.05, 3.63) is 39.9 Å². The summed E-state index contributed by atoms with van der Waals surface area (Å²) in [6.07, 6.45) is 4.71. The van der Waals surface area contributed by atoms with E-state index in [1.165, 1.54) is 12.1 Å². The Morgan fingerprint density at radius 2 is 1.93 bits per heavy atom. The van der Waals surface area contributed by atoms with Crippen LogP contribution in [0.25, 0.3) is 0 Å². The largest absolute Gasteiger partial charge is 0.383 e. The van der Waals surface area contributed by atoms with Gasteiger partial charge in [0.05, 0.1) is 18.1 Å². The number of nitro groups is 1. The highest BCUT2D eigenvalue weighted by Crippen LogP contribution is 2.13. The smallest absolute Gasteiger partial charge is 0.269 e. The fourth-order valence-corrected chi connectivity index (χ4v) is 3.09. The number of aliphatic imine (C=N–C) groups is 1. The monoisotopic (exact) mass is 533 g/mol. The van der Waals surface area contributed by atoms with Gasteiger partial charge in [0.25, 0.3) is 5.69 Å². The first-order valence-electron chi connectivity index (χ1n) is 10.1. The maximum atomic E-state index is 12.1. The number of halogens is 1. The second-order valence-electron chi connectivity index (χ2n) is 6.98. The molecule has 2 N–H and O–H groups in total. The number of nitro benzene ring substituents is 1. The molecule has 2 rings (SSSR count). The van der Waals surface area contributed by atoms with Crippen molar-refractivity contribution in [1.29, 1.82) is 0 Å². The van der Waals surface area contributed by atoms with E-state index < -0.39 is 4.92 Å². The highest BCUT2D eigenvalue weighted by molar-refractivity contribution is 14.0. The van der Waals surface area contributed by atoms with Gasteiger partial charge in [-0.15, -0.1) is 24.0 Å². The van der Waals surface area contributed by atoms with E-state index in [-0.39, 0.29) is 35.6 Å². The molecule has 30 heavy (non-hydrogen) atoms. The summed E-state index contributed by atoms with van der Waals surface area (Å²) >= 11 is 0. The maximum Gasteiger partial charge on any atom is 0.269 e. The quantitative estimate of drug-likeness (QED) is 0.120. The highest BCUT2D eigenvalue weighted by Gasteiger charge is 2.15. The van der Waals surface area contributed by atoms with Gasteiger partial charge in [0.2, 0.25) is 5.91 Å². The van der Waals surface area contributed by atoms with Gasteiger partial charge < -0.3 is 20.3 Å². The third-order valence-electron chi connectivity index (χ3n) is 4.73. The molecule has 1 aliphatic rings. The first kappa shape index (κ1) is 26.1. The molecule has 0 atom stereocenters. The molecule has 0 saturated carbocycles. The van der Waals surface area contributed by atoms with Crippen LogP contribution in [0.3, 0.4) is 0 Å². The molecule has 1 saturated heterocycles. The number of hydrogen-bond acceptors (Lipinski definition) is 5. The highest BCUT2D eigenvalue weighted by atomic mass is 127. The van der Waals surface area contributed by atoms with Gasteiger partial charge in [-0.1, -0.05) is 18.6 Å². The standard InChI is InChI=1S/C20H31N5O4.HI/c1-29-15-12-22-20(23-16-17-7-9-18(10-8-17)25(27)28)21-11-5-14-24-13-4-2-3-6-19(24)26;/h7-10H,2-6,11-16H2,1H3,(H2,21,22,23);1H. The van der Waals surface area contributed by atoms with Crippen LogP contribution in [0.4, 0.5) is 5.69 Å². The number of nitrogens with zero attached hydrogens (tertiary/aromatic N) is 3. The molecule has 168 valence electrons. The lowest BCUT2D eigenvalue weighted by atomic mass is 10.2. The van der Waals surface area contributed by atoms with E-state index in [4.69, 9.17) is 4.74 Å². The minimum absolute atomic E-state index is 0. The van der Waals surface area contributed by atoms with Crippen molar-refractivity contribution in [2.24, 2.45) is 4.99 Å². The van der Waals surface area contributed by atoms with Crippen molar-refractivity contribution in [2.45, 2.75) is 38.6 Å². The van der Waals surface area contributed by atoms with Crippen LogP contribution < -0.4 is 10.6 Å². The van der Waals surface area contributed by atoms with Crippen LogP contribution in [0.2, 0.25) is 0 Å².